The van der Waals surface area contributed by atoms with Gasteiger partial charge in [0.25, 0.3) is 0 Å². The lowest BCUT2D eigenvalue weighted by Crippen LogP contribution is -2.41. The van der Waals surface area contributed by atoms with Crippen LogP contribution in [0.15, 0.2) is 84.7 Å². The van der Waals surface area contributed by atoms with Gasteiger partial charge in [0.1, 0.15) is 17.4 Å². The normalized spacial score (nSPS) is 14.7. The van der Waals surface area contributed by atoms with Crippen molar-refractivity contribution >= 4 is 23.4 Å². The number of urea groups is 1. The Hall–Kier alpha value is -4.73. The van der Waals surface area contributed by atoms with E-state index in [1.54, 1.807) is 41.4 Å². The Morgan fingerprint density at radius 3 is 2.49 bits per heavy atom. The molecule has 212 valence electrons. The molecule has 10 heteroatoms. The first-order valence-electron chi connectivity index (χ1n) is 13.5. The molecule has 2 aromatic carbocycles. The molecule has 3 aromatic rings. The highest BCUT2D eigenvalue weighted by Gasteiger charge is 2.22. The number of hydrogen-bond acceptors (Lipinski definition) is 5. The fourth-order valence-corrected chi connectivity index (χ4v) is 4.65. The summed E-state index contributed by atoms with van der Waals surface area (Å²) in [6.45, 7) is 4.80. The van der Waals surface area contributed by atoms with Gasteiger partial charge in [-0.3, -0.25) is 4.79 Å². The number of allylic oxidation sites excluding steroid dienone is 2. The molecule has 3 N–H and O–H groups in total. The molecule has 1 aliphatic heterocycles. The zero-order chi connectivity index (χ0) is 28.8. The lowest BCUT2D eigenvalue weighted by Gasteiger charge is -2.32. The minimum Gasteiger partial charge on any atom is -0.454 e. The smallest absolute Gasteiger partial charge is 0.323 e. The van der Waals surface area contributed by atoms with Gasteiger partial charge >= 0.3 is 6.03 Å². The summed E-state index contributed by atoms with van der Waals surface area (Å²) in [7, 11) is 0. The van der Waals surface area contributed by atoms with E-state index in [4.69, 9.17) is 4.74 Å². The number of halogens is 2. The predicted molar refractivity (Wildman–Crippen MR) is 153 cm³/mol. The van der Waals surface area contributed by atoms with Gasteiger partial charge in [0.15, 0.2) is 11.6 Å². The molecule has 2 heterocycles. The van der Waals surface area contributed by atoms with Crippen molar-refractivity contribution < 1.29 is 23.1 Å². The van der Waals surface area contributed by atoms with E-state index in [-0.39, 0.29) is 29.2 Å². The highest BCUT2D eigenvalue weighted by molar-refractivity contribution is 5.90. The van der Waals surface area contributed by atoms with Crippen molar-refractivity contribution in [2.45, 2.75) is 38.1 Å². The Kier molecular flexibility index (Phi) is 8.57. The molecule has 1 saturated heterocycles. The SMILES string of the molecule is C=CC(=O)N1CCC(Nc2cc(Oc3ccc(NC(=O)NC(Cc4ccc(F)cc4)=C4CC4)cc3F)ccn2)CC1. The molecular weight excluding hydrogens is 528 g/mol. The standard InChI is InChI=1S/C31H31F2N5O3/c1-2-30(39)38-15-12-23(13-16-38)35-29-19-25(11-14-34-29)41-28-10-9-24(18-26(28)33)36-31(40)37-27(21-5-6-21)17-20-3-7-22(32)8-4-20/h2-4,7-11,14,18-19,23H,1,5-6,12-13,15-17H2,(H,34,35)(H2,36,37,40). The van der Waals surface area contributed by atoms with Crippen molar-refractivity contribution in [2.75, 3.05) is 23.7 Å². The van der Waals surface area contributed by atoms with Crippen molar-refractivity contribution in [1.29, 1.82) is 0 Å². The molecule has 0 radical (unpaired) electrons. The van der Waals surface area contributed by atoms with Crippen LogP contribution in [0.3, 0.4) is 0 Å². The van der Waals surface area contributed by atoms with E-state index < -0.39 is 11.8 Å². The number of likely N-dealkylation sites (tertiary alicyclic amines) is 1. The van der Waals surface area contributed by atoms with Gasteiger partial charge in [-0.1, -0.05) is 18.7 Å². The highest BCUT2D eigenvalue weighted by atomic mass is 19.1. The maximum atomic E-state index is 14.9. The number of nitrogens with zero attached hydrogens (tertiary/aromatic N) is 2. The van der Waals surface area contributed by atoms with Crippen LogP contribution in [-0.4, -0.2) is 41.0 Å². The fraction of sp³-hybridized carbons (Fsp3) is 0.258. The van der Waals surface area contributed by atoms with Crippen molar-refractivity contribution in [2.24, 2.45) is 0 Å². The number of ether oxygens (including phenoxy) is 1. The van der Waals surface area contributed by atoms with Gasteiger partial charge in [0.2, 0.25) is 5.91 Å². The second-order valence-corrected chi connectivity index (χ2v) is 10.0. The number of benzene rings is 2. The van der Waals surface area contributed by atoms with Gasteiger partial charge < -0.3 is 25.6 Å². The van der Waals surface area contributed by atoms with Crippen LogP contribution < -0.4 is 20.7 Å². The number of rotatable bonds is 9. The summed E-state index contributed by atoms with van der Waals surface area (Å²) < 4.78 is 33.9. The summed E-state index contributed by atoms with van der Waals surface area (Å²) in [5.41, 5.74) is 3.06. The summed E-state index contributed by atoms with van der Waals surface area (Å²) >= 11 is 0. The van der Waals surface area contributed by atoms with E-state index in [1.165, 1.54) is 30.3 Å². The average molecular weight is 560 g/mol. The van der Waals surface area contributed by atoms with Crippen LogP contribution in [0.2, 0.25) is 0 Å². The van der Waals surface area contributed by atoms with E-state index in [9.17, 15) is 18.4 Å². The molecule has 1 aliphatic carbocycles. The van der Waals surface area contributed by atoms with Crippen LogP contribution >= 0.6 is 0 Å². The molecule has 1 saturated carbocycles. The number of carbonyl (C=O) groups is 2. The zero-order valence-corrected chi connectivity index (χ0v) is 22.5. The van der Waals surface area contributed by atoms with E-state index in [1.807, 2.05) is 0 Å². The van der Waals surface area contributed by atoms with Gasteiger partial charge in [0, 0.05) is 55.3 Å². The molecule has 0 unspecified atom stereocenters. The topological polar surface area (TPSA) is 95.6 Å². The lowest BCUT2D eigenvalue weighted by atomic mass is 10.0. The van der Waals surface area contributed by atoms with Gasteiger partial charge in [-0.15, -0.1) is 0 Å². The largest absolute Gasteiger partial charge is 0.454 e. The van der Waals surface area contributed by atoms with Crippen molar-refractivity contribution in [1.82, 2.24) is 15.2 Å². The molecule has 0 atom stereocenters. The molecule has 2 fully saturated rings. The quantitative estimate of drug-likeness (QED) is 0.273. The molecule has 0 spiro atoms. The predicted octanol–water partition coefficient (Wildman–Crippen LogP) is 6.15. The third-order valence-corrected chi connectivity index (χ3v) is 6.97. The summed E-state index contributed by atoms with van der Waals surface area (Å²) in [6.07, 6.45) is 6.72. The van der Waals surface area contributed by atoms with Crippen molar-refractivity contribution in [3.05, 3.63) is 102 Å². The lowest BCUT2D eigenvalue weighted by molar-refractivity contribution is -0.126. The maximum Gasteiger partial charge on any atom is 0.323 e. The third kappa shape index (κ3) is 7.69. The first-order valence-corrected chi connectivity index (χ1v) is 13.5. The molecule has 8 nitrogen and oxygen atoms in total. The highest BCUT2D eigenvalue weighted by Crippen LogP contribution is 2.32. The zero-order valence-electron chi connectivity index (χ0n) is 22.5. The number of aromatic nitrogens is 1. The van der Waals surface area contributed by atoms with Gasteiger partial charge in [0.05, 0.1) is 0 Å². The second-order valence-electron chi connectivity index (χ2n) is 10.0. The molecule has 3 amide bonds. The second kappa shape index (κ2) is 12.6. The molecule has 2 aliphatic rings. The number of carbonyl (C=O) groups excluding carboxylic acids is 2. The molecule has 5 rings (SSSR count). The van der Waals surface area contributed by atoms with Crippen molar-refractivity contribution in [3.63, 3.8) is 0 Å². The number of nitrogens with one attached hydrogen (secondary N) is 3. The summed E-state index contributed by atoms with van der Waals surface area (Å²) in [4.78, 5) is 30.5. The monoisotopic (exact) mass is 559 g/mol. The minimum atomic E-state index is -0.638. The number of pyridine rings is 1. The van der Waals surface area contributed by atoms with E-state index in [0.717, 1.165) is 42.5 Å². The Balaban J connectivity index is 1.15. The van der Waals surface area contributed by atoms with Crippen LogP contribution in [0.1, 0.15) is 31.2 Å². The Bertz CT molecular complexity index is 1460. The molecular formula is C31H31F2N5O3. The van der Waals surface area contributed by atoms with Crippen molar-refractivity contribution in [3.8, 4) is 11.5 Å². The van der Waals surface area contributed by atoms with Crippen LogP contribution in [0, 0.1) is 11.6 Å². The molecule has 0 bridgehead atoms. The van der Waals surface area contributed by atoms with E-state index in [0.29, 0.717) is 31.1 Å². The van der Waals surface area contributed by atoms with Gasteiger partial charge in [-0.2, -0.15) is 0 Å². The fourth-order valence-electron chi connectivity index (χ4n) is 4.65. The van der Waals surface area contributed by atoms with Crippen LogP contribution in [-0.2, 0) is 11.2 Å². The minimum absolute atomic E-state index is 0.00134. The summed E-state index contributed by atoms with van der Waals surface area (Å²) in [5.74, 6) is -0.0239. The van der Waals surface area contributed by atoms with Crippen LogP contribution in [0.4, 0.5) is 25.1 Å². The summed E-state index contributed by atoms with van der Waals surface area (Å²) in [6, 6.07) is 13.3. The Morgan fingerprint density at radius 2 is 1.80 bits per heavy atom. The summed E-state index contributed by atoms with van der Waals surface area (Å²) in [5, 5.41) is 8.87. The van der Waals surface area contributed by atoms with Gasteiger partial charge in [-0.25, -0.2) is 18.6 Å². The maximum absolute atomic E-state index is 14.9. The number of piperidine rings is 1. The van der Waals surface area contributed by atoms with Gasteiger partial charge in [-0.05, 0) is 73.2 Å². The first-order chi connectivity index (χ1) is 19.9. The first kappa shape index (κ1) is 27.8. The number of hydrogen-bond donors (Lipinski definition) is 3. The molecule has 1 aromatic heterocycles. The van der Waals surface area contributed by atoms with Crippen LogP contribution in [0.25, 0.3) is 0 Å². The number of amides is 3. The molecule has 41 heavy (non-hydrogen) atoms. The Labute approximate surface area is 237 Å². The number of anilines is 2. The van der Waals surface area contributed by atoms with E-state index in [2.05, 4.69) is 27.5 Å². The van der Waals surface area contributed by atoms with Crippen LogP contribution in [0.5, 0.6) is 11.5 Å². The van der Waals surface area contributed by atoms with E-state index >= 15 is 0 Å². The average Bonchev–Trinajstić information content (AvgIpc) is 3.81. The Morgan fingerprint density at radius 1 is 1.05 bits per heavy atom. The third-order valence-electron chi connectivity index (χ3n) is 6.97.